The molecular formula is C14H25N3O2S. The lowest BCUT2D eigenvalue weighted by molar-refractivity contribution is 0.248. The van der Waals surface area contributed by atoms with Crippen LogP contribution in [0.15, 0.2) is 17.2 Å². The maximum atomic E-state index is 12.4. The van der Waals surface area contributed by atoms with Gasteiger partial charge in [0.25, 0.3) is 0 Å². The minimum absolute atomic E-state index is 0.255. The SMILES string of the molecule is CCCNCc1cc(S(=O)(=O)NC2(C)CCC2)cn1C. The van der Waals surface area contributed by atoms with Gasteiger partial charge in [-0.2, -0.15) is 0 Å². The number of sulfonamides is 1. The van der Waals surface area contributed by atoms with Crippen molar-refractivity contribution < 1.29 is 8.42 Å². The first-order valence-corrected chi connectivity index (χ1v) is 8.74. The normalized spacial score (nSPS) is 17.9. The molecule has 6 heteroatoms. The van der Waals surface area contributed by atoms with Crippen molar-refractivity contribution in [3.63, 3.8) is 0 Å². The highest BCUT2D eigenvalue weighted by Crippen LogP contribution is 2.32. The van der Waals surface area contributed by atoms with Crippen LogP contribution in [0.1, 0.15) is 45.2 Å². The topological polar surface area (TPSA) is 63.1 Å². The van der Waals surface area contributed by atoms with Crippen LogP contribution in [0.3, 0.4) is 0 Å². The van der Waals surface area contributed by atoms with Crippen molar-refractivity contribution in [2.24, 2.45) is 7.05 Å². The van der Waals surface area contributed by atoms with Crippen LogP contribution < -0.4 is 10.0 Å². The van der Waals surface area contributed by atoms with E-state index < -0.39 is 10.0 Å². The average molecular weight is 299 g/mol. The fourth-order valence-electron chi connectivity index (χ4n) is 2.49. The smallest absolute Gasteiger partial charge is 0.242 e. The van der Waals surface area contributed by atoms with Crippen LogP contribution in [0.25, 0.3) is 0 Å². The number of nitrogens with zero attached hydrogens (tertiary/aromatic N) is 1. The van der Waals surface area contributed by atoms with Gasteiger partial charge in [0, 0.05) is 31.0 Å². The van der Waals surface area contributed by atoms with Crippen LogP contribution in [-0.4, -0.2) is 25.1 Å². The lowest BCUT2D eigenvalue weighted by atomic mass is 9.80. The molecule has 0 atom stereocenters. The van der Waals surface area contributed by atoms with Crippen molar-refractivity contribution in [3.8, 4) is 0 Å². The molecule has 1 aromatic rings. The van der Waals surface area contributed by atoms with Crippen molar-refractivity contribution in [1.29, 1.82) is 0 Å². The second-order valence-electron chi connectivity index (χ2n) is 5.97. The number of aryl methyl sites for hydroxylation is 1. The largest absolute Gasteiger partial charge is 0.352 e. The molecule has 0 aliphatic heterocycles. The Bertz CT molecular complexity index is 559. The molecule has 5 nitrogen and oxygen atoms in total. The Morgan fingerprint density at radius 1 is 1.40 bits per heavy atom. The van der Waals surface area contributed by atoms with E-state index in [0.29, 0.717) is 11.4 Å². The number of rotatable bonds is 7. The summed E-state index contributed by atoms with van der Waals surface area (Å²) in [6.07, 6.45) is 5.69. The molecule has 1 aromatic heterocycles. The van der Waals surface area contributed by atoms with Crippen LogP contribution in [0.2, 0.25) is 0 Å². The number of hydrogen-bond acceptors (Lipinski definition) is 3. The molecule has 1 aliphatic rings. The number of hydrogen-bond donors (Lipinski definition) is 2. The molecule has 2 rings (SSSR count). The Morgan fingerprint density at radius 3 is 2.65 bits per heavy atom. The van der Waals surface area contributed by atoms with Crippen LogP contribution in [0.4, 0.5) is 0 Å². The first-order valence-electron chi connectivity index (χ1n) is 7.26. The van der Waals surface area contributed by atoms with Crippen LogP contribution in [0, 0.1) is 0 Å². The van der Waals surface area contributed by atoms with Gasteiger partial charge in [-0.1, -0.05) is 6.92 Å². The molecule has 1 heterocycles. The summed E-state index contributed by atoms with van der Waals surface area (Å²) in [7, 11) is -1.53. The van der Waals surface area contributed by atoms with E-state index in [2.05, 4.69) is 17.0 Å². The van der Waals surface area contributed by atoms with E-state index in [1.165, 1.54) is 0 Å². The van der Waals surface area contributed by atoms with Crippen LogP contribution >= 0.6 is 0 Å². The quantitative estimate of drug-likeness (QED) is 0.754. The van der Waals surface area contributed by atoms with Crippen LogP contribution in [-0.2, 0) is 23.6 Å². The third-order valence-electron chi connectivity index (χ3n) is 3.96. The predicted molar refractivity (Wildman–Crippen MR) is 80.0 cm³/mol. The third-order valence-corrected chi connectivity index (χ3v) is 5.57. The van der Waals surface area contributed by atoms with E-state index in [0.717, 1.165) is 37.9 Å². The lowest BCUT2D eigenvalue weighted by Gasteiger charge is -2.38. The van der Waals surface area contributed by atoms with E-state index in [4.69, 9.17) is 0 Å². The molecule has 0 amide bonds. The van der Waals surface area contributed by atoms with E-state index in [-0.39, 0.29) is 5.54 Å². The fraction of sp³-hybridized carbons (Fsp3) is 0.714. The molecule has 0 saturated heterocycles. The molecular weight excluding hydrogens is 274 g/mol. The molecule has 0 unspecified atom stereocenters. The minimum atomic E-state index is -3.41. The maximum Gasteiger partial charge on any atom is 0.242 e. The number of nitrogens with one attached hydrogen (secondary N) is 2. The van der Waals surface area contributed by atoms with E-state index >= 15 is 0 Å². The highest BCUT2D eigenvalue weighted by atomic mass is 32.2. The first kappa shape index (κ1) is 15.5. The summed E-state index contributed by atoms with van der Waals surface area (Å²) in [4.78, 5) is 0.362. The monoisotopic (exact) mass is 299 g/mol. The van der Waals surface area contributed by atoms with Crippen molar-refractivity contribution in [2.75, 3.05) is 6.54 Å². The van der Waals surface area contributed by atoms with Gasteiger partial charge < -0.3 is 9.88 Å². The molecule has 0 bridgehead atoms. The summed E-state index contributed by atoms with van der Waals surface area (Å²) >= 11 is 0. The molecule has 0 spiro atoms. The van der Waals surface area contributed by atoms with Crippen molar-refractivity contribution in [2.45, 2.75) is 56.5 Å². The van der Waals surface area contributed by atoms with Gasteiger partial charge in [-0.15, -0.1) is 0 Å². The second-order valence-corrected chi connectivity index (χ2v) is 7.66. The fourth-order valence-corrected chi connectivity index (χ4v) is 4.04. The molecule has 1 fully saturated rings. The second kappa shape index (κ2) is 5.87. The van der Waals surface area contributed by atoms with Crippen molar-refractivity contribution >= 4 is 10.0 Å². The summed E-state index contributed by atoms with van der Waals surface area (Å²) in [5, 5.41) is 3.29. The first-order chi connectivity index (χ1) is 9.36. The molecule has 1 saturated carbocycles. The molecule has 1 aliphatic carbocycles. The highest BCUT2D eigenvalue weighted by Gasteiger charge is 2.36. The standard InChI is InChI=1S/C14H25N3O2S/c1-4-8-15-10-12-9-13(11-17(12)3)20(18,19)16-14(2)6-5-7-14/h9,11,15-16H,4-8,10H2,1-3H3. The van der Waals surface area contributed by atoms with Gasteiger partial charge in [0.15, 0.2) is 0 Å². The van der Waals surface area contributed by atoms with E-state index in [1.54, 1.807) is 12.3 Å². The third kappa shape index (κ3) is 3.42. The summed E-state index contributed by atoms with van der Waals surface area (Å²) < 4.78 is 29.5. The molecule has 2 N–H and O–H groups in total. The zero-order valence-electron chi connectivity index (χ0n) is 12.6. The molecule has 0 aromatic carbocycles. The van der Waals surface area contributed by atoms with Crippen molar-refractivity contribution in [3.05, 3.63) is 18.0 Å². The Labute approximate surface area is 121 Å². The van der Waals surface area contributed by atoms with Gasteiger partial charge in [0.1, 0.15) is 0 Å². The Balaban J connectivity index is 2.09. The van der Waals surface area contributed by atoms with Gasteiger partial charge in [-0.25, -0.2) is 13.1 Å². The Kier molecular flexibility index (Phi) is 4.56. The summed E-state index contributed by atoms with van der Waals surface area (Å²) in [5.74, 6) is 0. The van der Waals surface area contributed by atoms with E-state index in [1.807, 2.05) is 18.5 Å². The Morgan fingerprint density at radius 2 is 2.10 bits per heavy atom. The summed E-state index contributed by atoms with van der Waals surface area (Å²) in [6.45, 7) is 5.71. The summed E-state index contributed by atoms with van der Waals surface area (Å²) in [6, 6.07) is 1.76. The van der Waals surface area contributed by atoms with Crippen molar-refractivity contribution in [1.82, 2.24) is 14.6 Å². The zero-order chi connectivity index (χ0) is 14.8. The maximum absolute atomic E-state index is 12.4. The van der Waals surface area contributed by atoms with Gasteiger partial charge in [0.05, 0.1) is 4.90 Å². The highest BCUT2D eigenvalue weighted by molar-refractivity contribution is 7.89. The van der Waals surface area contributed by atoms with E-state index in [9.17, 15) is 8.42 Å². The van der Waals surface area contributed by atoms with Crippen LogP contribution in [0.5, 0.6) is 0 Å². The Hall–Kier alpha value is -0.850. The molecule has 114 valence electrons. The minimum Gasteiger partial charge on any atom is -0.352 e. The predicted octanol–water partition coefficient (Wildman–Crippen LogP) is 1.75. The lowest BCUT2D eigenvalue weighted by Crippen LogP contribution is -2.50. The van der Waals surface area contributed by atoms with Gasteiger partial charge in [0.2, 0.25) is 10.0 Å². The van der Waals surface area contributed by atoms with Gasteiger partial charge in [-0.05, 0) is 45.2 Å². The molecule has 20 heavy (non-hydrogen) atoms. The van der Waals surface area contributed by atoms with Gasteiger partial charge in [-0.3, -0.25) is 0 Å². The molecule has 0 radical (unpaired) electrons. The van der Waals surface area contributed by atoms with Gasteiger partial charge >= 0.3 is 0 Å². The summed E-state index contributed by atoms with van der Waals surface area (Å²) in [5.41, 5.74) is 0.729. The zero-order valence-corrected chi connectivity index (χ0v) is 13.4. The number of aromatic nitrogens is 1. The average Bonchev–Trinajstić information content (AvgIpc) is 2.70.